The number of halogens is 4. The molecule has 0 aromatic carbocycles. The number of aryl methyl sites for hydroxylation is 1. The molecule has 1 fully saturated rings. The van der Waals surface area contributed by atoms with Crippen LogP contribution in [0.1, 0.15) is 30.5 Å². The number of aromatic nitrogens is 2. The molecule has 1 aliphatic carbocycles. The molecule has 0 N–H and O–H groups in total. The van der Waals surface area contributed by atoms with Gasteiger partial charge in [-0.2, -0.15) is 0 Å². The van der Waals surface area contributed by atoms with Crippen LogP contribution in [0.4, 0.5) is 8.78 Å². The van der Waals surface area contributed by atoms with Crippen LogP contribution in [-0.4, -0.2) is 16.4 Å². The molecule has 1 saturated carbocycles. The lowest BCUT2D eigenvalue weighted by atomic mass is 9.86. The zero-order valence-electron chi connectivity index (χ0n) is 13.2. The fraction of sp³-hybridized carbons (Fsp3) is 0.412. The molecule has 1 aliphatic rings. The van der Waals surface area contributed by atoms with Crippen molar-refractivity contribution in [1.29, 1.82) is 0 Å². The maximum Gasteiger partial charge on any atom is 0.241 e. The van der Waals surface area contributed by atoms with Gasteiger partial charge in [0.25, 0.3) is 0 Å². The Kier molecular flexibility index (Phi) is 7.37. The second kappa shape index (κ2) is 9.28. The largest absolute Gasteiger partial charge is 0.487 e. The van der Waals surface area contributed by atoms with Crippen molar-refractivity contribution in [2.75, 3.05) is 0 Å². The second-order valence-corrected chi connectivity index (χ2v) is 6.80. The van der Waals surface area contributed by atoms with E-state index in [2.05, 4.69) is 25.9 Å². The highest BCUT2D eigenvalue weighted by molar-refractivity contribution is 9.10. The van der Waals surface area contributed by atoms with E-state index in [0.717, 1.165) is 40.9 Å². The van der Waals surface area contributed by atoms with Crippen molar-refractivity contribution in [1.82, 2.24) is 9.97 Å². The number of pyridine rings is 2. The van der Waals surface area contributed by atoms with Crippen LogP contribution in [0.5, 0.6) is 5.75 Å². The third kappa shape index (κ3) is 5.98. The summed E-state index contributed by atoms with van der Waals surface area (Å²) in [6.45, 7) is 2.36. The summed E-state index contributed by atoms with van der Waals surface area (Å²) in [5.74, 6) is 0.545. The predicted octanol–water partition coefficient (Wildman–Crippen LogP) is 5.83. The molecule has 0 unspecified atom stereocenters. The van der Waals surface area contributed by atoms with Crippen LogP contribution >= 0.6 is 27.5 Å². The van der Waals surface area contributed by atoms with Crippen molar-refractivity contribution in [3.63, 3.8) is 0 Å². The minimum absolute atomic E-state index is 0.250. The van der Waals surface area contributed by atoms with E-state index in [4.69, 9.17) is 16.3 Å². The number of hydrogen-bond acceptors (Lipinski definition) is 3. The summed E-state index contributed by atoms with van der Waals surface area (Å²) in [5, 5.41) is 0.622. The van der Waals surface area contributed by atoms with Crippen LogP contribution < -0.4 is 4.74 Å². The van der Waals surface area contributed by atoms with Gasteiger partial charge in [-0.1, -0.05) is 18.0 Å². The van der Waals surface area contributed by atoms with Crippen LogP contribution in [-0.2, 0) is 6.61 Å². The third-order valence-corrected chi connectivity index (χ3v) is 4.35. The highest BCUT2D eigenvalue weighted by atomic mass is 79.9. The Labute approximate surface area is 153 Å². The average Bonchev–Trinajstić information content (AvgIpc) is 2.48. The molecule has 0 atom stereocenters. The van der Waals surface area contributed by atoms with Crippen molar-refractivity contribution in [3.05, 3.63) is 51.5 Å². The van der Waals surface area contributed by atoms with Crippen molar-refractivity contribution >= 4 is 27.5 Å². The van der Waals surface area contributed by atoms with E-state index >= 15 is 0 Å². The molecule has 0 saturated heterocycles. The van der Waals surface area contributed by atoms with Gasteiger partial charge >= 0.3 is 0 Å². The summed E-state index contributed by atoms with van der Waals surface area (Å²) in [5.41, 5.74) is 1.82. The zero-order chi connectivity index (χ0) is 17.5. The van der Waals surface area contributed by atoms with Gasteiger partial charge in [-0.05, 0) is 47.8 Å². The molecule has 0 bridgehead atoms. The lowest BCUT2D eigenvalue weighted by molar-refractivity contribution is 0.0345. The van der Waals surface area contributed by atoms with Crippen molar-refractivity contribution < 1.29 is 13.5 Å². The number of ether oxygens (including phenoxy) is 1. The number of nitrogens with zero attached hydrogens (tertiary/aromatic N) is 2. The molecule has 3 rings (SSSR count). The monoisotopic (exact) mass is 418 g/mol. The van der Waals surface area contributed by atoms with Crippen molar-refractivity contribution in [3.8, 4) is 5.75 Å². The number of alkyl halides is 2. The first-order chi connectivity index (χ1) is 11.5. The van der Waals surface area contributed by atoms with Crippen LogP contribution in [0.25, 0.3) is 0 Å². The van der Waals surface area contributed by atoms with Gasteiger partial charge < -0.3 is 4.74 Å². The fourth-order valence-electron chi connectivity index (χ4n) is 1.97. The van der Waals surface area contributed by atoms with E-state index in [-0.39, 0.29) is 5.92 Å². The minimum Gasteiger partial charge on any atom is -0.487 e. The molecule has 3 nitrogen and oxygen atoms in total. The first kappa shape index (κ1) is 19.1. The molecule has 2 aromatic heterocycles. The van der Waals surface area contributed by atoms with Crippen molar-refractivity contribution in [2.45, 2.75) is 39.2 Å². The Balaban J connectivity index is 0.000000249. The number of hydrogen-bond donors (Lipinski definition) is 0. The summed E-state index contributed by atoms with van der Waals surface area (Å²) in [6.07, 6.45) is 3.82. The van der Waals surface area contributed by atoms with Gasteiger partial charge in [0.05, 0.1) is 10.7 Å². The summed E-state index contributed by atoms with van der Waals surface area (Å²) < 4.78 is 29.4. The van der Waals surface area contributed by atoms with E-state index < -0.39 is 6.43 Å². The van der Waals surface area contributed by atoms with Gasteiger partial charge in [0.1, 0.15) is 17.0 Å². The highest BCUT2D eigenvalue weighted by Crippen LogP contribution is 2.31. The van der Waals surface area contributed by atoms with E-state index in [9.17, 15) is 8.78 Å². The third-order valence-electron chi connectivity index (χ3n) is 3.69. The Morgan fingerprint density at radius 3 is 2.54 bits per heavy atom. The first-order valence-corrected chi connectivity index (χ1v) is 8.76. The van der Waals surface area contributed by atoms with E-state index in [1.165, 1.54) is 0 Å². The van der Waals surface area contributed by atoms with Gasteiger partial charge in [0.15, 0.2) is 0 Å². The lowest BCUT2D eigenvalue weighted by Crippen LogP contribution is -2.18. The Bertz CT molecular complexity index is 652. The maximum absolute atomic E-state index is 11.5. The van der Waals surface area contributed by atoms with Crippen molar-refractivity contribution in [2.24, 2.45) is 5.92 Å². The topological polar surface area (TPSA) is 35.0 Å². The zero-order valence-corrected chi connectivity index (χ0v) is 15.5. The molecule has 24 heavy (non-hydrogen) atoms. The molecule has 0 spiro atoms. The minimum atomic E-state index is -2.05. The van der Waals surface area contributed by atoms with Crippen LogP contribution in [0.3, 0.4) is 0 Å². The number of rotatable bonds is 4. The smallest absolute Gasteiger partial charge is 0.241 e. The fourth-order valence-corrected chi connectivity index (χ4v) is 2.39. The second-order valence-electron chi connectivity index (χ2n) is 5.55. The molecule has 0 aliphatic heterocycles. The van der Waals surface area contributed by atoms with E-state index in [1.807, 2.05) is 19.1 Å². The molecular weight excluding hydrogens is 402 g/mol. The molecule has 130 valence electrons. The Morgan fingerprint density at radius 1 is 1.29 bits per heavy atom. The van der Waals surface area contributed by atoms with Gasteiger partial charge in [0, 0.05) is 29.9 Å². The van der Waals surface area contributed by atoms with E-state index in [0.29, 0.717) is 11.6 Å². The molecule has 7 heteroatoms. The Morgan fingerprint density at radius 2 is 2.04 bits per heavy atom. The SMILES string of the molecule is Cc1cnc(Br)cc1OCc1ccc(Cl)cn1.FC(F)C1CCC1. The van der Waals surface area contributed by atoms with E-state index in [1.54, 1.807) is 18.5 Å². The quantitative estimate of drug-likeness (QED) is 0.585. The summed E-state index contributed by atoms with van der Waals surface area (Å²) in [7, 11) is 0. The standard InChI is InChI=1S/C12H10BrClN2O.C5H8F2/c1-8-5-16-12(13)4-11(8)17-7-10-3-2-9(14)6-15-10;6-5(7)4-2-1-3-4/h2-6H,7H2,1H3;4-5H,1-3H2. The van der Waals surface area contributed by atoms with Gasteiger partial charge in [0.2, 0.25) is 6.43 Å². The van der Waals surface area contributed by atoms with Crippen LogP contribution in [0.2, 0.25) is 5.02 Å². The molecule has 2 heterocycles. The van der Waals surface area contributed by atoms with Crippen LogP contribution in [0, 0.1) is 12.8 Å². The lowest BCUT2D eigenvalue weighted by Gasteiger charge is -2.23. The average molecular weight is 420 g/mol. The molecule has 0 amide bonds. The van der Waals surface area contributed by atoms with Gasteiger partial charge in [-0.15, -0.1) is 0 Å². The van der Waals surface area contributed by atoms with Gasteiger partial charge in [-0.25, -0.2) is 13.8 Å². The molecule has 0 radical (unpaired) electrons. The molecular formula is C17H18BrClF2N2O. The Hall–Kier alpha value is -1.27. The predicted molar refractivity (Wildman–Crippen MR) is 93.6 cm³/mol. The normalized spacial score (nSPS) is 13.9. The maximum atomic E-state index is 11.5. The summed E-state index contributed by atoms with van der Waals surface area (Å²) in [6, 6.07) is 5.47. The van der Waals surface area contributed by atoms with Crippen LogP contribution in [0.15, 0.2) is 35.2 Å². The molecule has 2 aromatic rings. The van der Waals surface area contributed by atoms with Gasteiger partial charge in [-0.3, -0.25) is 4.98 Å². The highest BCUT2D eigenvalue weighted by Gasteiger charge is 2.26. The summed E-state index contributed by atoms with van der Waals surface area (Å²) in [4.78, 5) is 8.27. The summed E-state index contributed by atoms with van der Waals surface area (Å²) >= 11 is 9.06. The first-order valence-electron chi connectivity index (χ1n) is 7.59.